The molecule has 3 aromatic rings. The van der Waals surface area contributed by atoms with Crippen molar-refractivity contribution in [1.29, 1.82) is 0 Å². The number of rotatable bonds is 6. The van der Waals surface area contributed by atoms with Gasteiger partial charge in [0, 0.05) is 5.56 Å². The van der Waals surface area contributed by atoms with Gasteiger partial charge in [-0.2, -0.15) is 0 Å². The minimum atomic E-state index is 0.560. The van der Waals surface area contributed by atoms with E-state index in [-0.39, 0.29) is 0 Å². The molecule has 0 radical (unpaired) electrons. The molecule has 0 spiro atoms. The lowest BCUT2D eigenvalue weighted by molar-refractivity contribution is 0.305. The molecule has 120 valence electrons. The summed E-state index contributed by atoms with van der Waals surface area (Å²) in [5.74, 6) is 1.73. The van der Waals surface area contributed by atoms with Gasteiger partial charge in [0.05, 0.1) is 7.11 Å². The third-order valence-corrected chi connectivity index (χ3v) is 3.71. The summed E-state index contributed by atoms with van der Waals surface area (Å²) < 4.78 is 11.2. The largest absolute Gasteiger partial charge is 0.497 e. The highest BCUT2D eigenvalue weighted by Gasteiger charge is 2.01. The molecule has 0 fully saturated rings. The van der Waals surface area contributed by atoms with Crippen LogP contribution in [0.1, 0.15) is 16.7 Å². The molecule has 3 rings (SSSR count). The van der Waals surface area contributed by atoms with Crippen LogP contribution < -0.4 is 9.47 Å². The highest BCUT2D eigenvalue weighted by molar-refractivity contribution is 5.73. The number of methoxy groups -OCH3 is 1. The molecule has 0 N–H and O–H groups in total. The molecule has 0 saturated heterocycles. The summed E-state index contributed by atoms with van der Waals surface area (Å²) in [4.78, 5) is 0. The van der Waals surface area contributed by atoms with Crippen LogP contribution in [0.5, 0.6) is 11.5 Å². The van der Waals surface area contributed by atoms with Crippen LogP contribution in [0, 0.1) is 0 Å². The zero-order chi connectivity index (χ0) is 16.6. The Morgan fingerprint density at radius 2 is 1.58 bits per heavy atom. The van der Waals surface area contributed by atoms with Crippen LogP contribution in [0.25, 0.3) is 12.2 Å². The molecule has 2 nitrogen and oxygen atoms in total. The van der Waals surface area contributed by atoms with Gasteiger partial charge in [-0.15, -0.1) is 0 Å². The quantitative estimate of drug-likeness (QED) is 0.563. The third kappa shape index (κ3) is 4.26. The summed E-state index contributed by atoms with van der Waals surface area (Å²) in [6.45, 7) is 0.560. The molecular weight excluding hydrogens is 296 g/mol. The first-order valence-electron chi connectivity index (χ1n) is 7.93. The van der Waals surface area contributed by atoms with Crippen molar-refractivity contribution in [3.8, 4) is 11.5 Å². The Bertz CT molecular complexity index is 807. The number of hydrogen-bond acceptors (Lipinski definition) is 2. The second-order valence-electron chi connectivity index (χ2n) is 5.42. The van der Waals surface area contributed by atoms with Gasteiger partial charge in [0.1, 0.15) is 18.1 Å². The van der Waals surface area contributed by atoms with Crippen molar-refractivity contribution in [1.82, 2.24) is 0 Å². The van der Waals surface area contributed by atoms with Crippen molar-refractivity contribution in [3.63, 3.8) is 0 Å². The molecule has 0 aliphatic rings. The second kappa shape index (κ2) is 8.02. The average Bonchev–Trinajstić information content (AvgIpc) is 2.66. The Balaban J connectivity index is 1.75. The van der Waals surface area contributed by atoms with Crippen LogP contribution in [0.2, 0.25) is 0 Å². The smallest absolute Gasteiger partial charge is 0.127 e. The van der Waals surface area contributed by atoms with Gasteiger partial charge in [-0.1, -0.05) is 72.8 Å². The summed E-state index contributed by atoms with van der Waals surface area (Å²) in [5, 5.41) is 0. The van der Waals surface area contributed by atoms with Crippen LogP contribution in [0.15, 0.2) is 78.9 Å². The monoisotopic (exact) mass is 316 g/mol. The van der Waals surface area contributed by atoms with Crippen molar-refractivity contribution >= 4 is 12.2 Å². The first kappa shape index (κ1) is 15.9. The van der Waals surface area contributed by atoms with E-state index in [2.05, 4.69) is 30.4 Å². The van der Waals surface area contributed by atoms with Gasteiger partial charge in [0.2, 0.25) is 0 Å². The van der Waals surface area contributed by atoms with Gasteiger partial charge >= 0.3 is 0 Å². The van der Waals surface area contributed by atoms with Crippen LogP contribution in [-0.4, -0.2) is 7.11 Å². The van der Waals surface area contributed by atoms with Crippen LogP contribution >= 0.6 is 0 Å². The molecule has 0 aromatic heterocycles. The third-order valence-electron chi connectivity index (χ3n) is 3.71. The Labute approximate surface area is 143 Å². The fourth-order valence-corrected chi connectivity index (χ4v) is 2.42. The number of hydrogen-bond donors (Lipinski definition) is 0. The van der Waals surface area contributed by atoms with E-state index in [1.165, 1.54) is 0 Å². The Kier molecular flexibility index (Phi) is 5.31. The average molecular weight is 316 g/mol. The van der Waals surface area contributed by atoms with Crippen LogP contribution in [-0.2, 0) is 6.61 Å². The zero-order valence-electron chi connectivity index (χ0n) is 13.7. The van der Waals surface area contributed by atoms with Crippen molar-refractivity contribution in [3.05, 3.63) is 95.6 Å². The van der Waals surface area contributed by atoms with Gasteiger partial charge in [0.25, 0.3) is 0 Å². The lowest BCUT2D eigenvalue weighted by atomic mass is 10.1. The van der Waals surface area contributed by atoms with E-state index in [1.807, 2.05) is 60.7 Å². The summed E-state index contributed by atoms with van der Waals surface area (Å²) in [7, 11) is 1.68. The van der Waals surface area contributed by atoms with E-state index in [4.69, 9.17) is 9.47 Å². The fourth-order valence-electron chi connectivity index (χ4n) is 2.42. The predicted octanol–water partition coefficient (Wildman–Crippen LogP) is 5.44. The molecular formula is C22H20O2. The molecule has 0 saturated carbocycles. The maximum absolute atomic E-state index is 5.98. The number of ether oxygens (including phenoxy) is 2. The van der Waals surface area contributed by atoms with Crippen molar-refractivity contribution in [2.45, 2.75) is 6.61 Å². The van der Waals surface area contributed by atoms with Crippen LogP contribution in [0.4, 0.5) is 0 Å². The SMILES string of the molecule is COc1cccc(/C=C\c2ccccc2OCc2ccccc2)c1. The first-order valence-corrected chi connectivity index (χ1v) is 7.93. The number of para-hydroxylation sites is 1. The van der Waals surface area contributed by atoms with E-state index in [9.17, 15) is 0 Å². The molecule has 3 aromatic carbocycles. The maximum atomic E-state index is 5.98. The molecule has 24 heavy (non-hydrogen) atoms. The van der Waals surface area contributed by atoms with Crippen molar-refractivity contribution in [2.24, 2.45) is 0 Å². The topological polar surface area (TPSA) is 18.5 Å². The van der Waals surface area contributed by atoms with Gasteiger partial charge in [-0.05, 0) is 29.3 Å². The lowest BCUT2D eigenvalue weighted by Gasteiger charge is -2.09. The zero-order valence-corrected chi connectivity index (χ0v) is 13.7. The molecule has 0 unspecified atom stereocenters. The molecule has 0 heterocycles. The highest BCUT2D eigenvalue weighted by Crippen LogP contribution is 2.22. The first-order chi connectivity index (χ1) is 11.8. The standard InChI is InChI=1S/C22H20O2/c1-23-21-12-7-10-18(16-21)14-15-20-11-5-6-13-22(20)24-17-19-8-3-2-4-9-19/h2-16H,17H2,1H3/b15-14-. The van der Waals surface area contributed by atoms with E-state index in [0.29, 0.717) is 6.61 Å². The molecule has 0 amide bonds. The van der Waals surface area contributed by atoms with E-state index >= 15 is 0 Å². The molecule has 0 atom stereocenters. The minimum Gasteiger partial charge on any atom is -0.497 e. The molecule has 0 aliphatic carbocycles. The van der Waals surface area contributed by atoms with Crippen LogP contribution in [0.3, 0.4) is 0 Å². The Morgan fingerprint density at radius 1 is 0.792 bits per heavy atom. The molecule has 0 aliphatic heterocycles. The Hall–Kier alpha value is -3.00. The fraction of sp³-hybridized carbons (Fsp3) is 0.0909. The number of benzene rings is 3. The van der Waals surface area contributed by atoms with Gasteiger partial charge in [-0.3, -0.25) is 0 Å². The summed E-state index contributed by atoms with van der Waals surface area (Å²) >= 11 is 0. The predicted molar refractivity (Wildman–Crippen MR) is 99.1 cm³/mol. The molecule has 0 bridgehead atoms. The maximum Gasteiger partial charge on any atom is 0.127 e. The van der Waals surface area contributed by atoms with Gasteiger partial charge in [-0.25, -0.2) is 0 Å². The van der Waals surface area contributed by atoms with Crippen molar-refractivity contribution in [2.75, 3.05) is 7.11 Å². The lowest BCUT2D eigenvalue weighted by Crippen LogP contribution is -1.96. The molecule has 2 heteroatoms. The van der Waals surface area contributed by atoms with Gasteiger partial charge in [0.15, 0.2) is 0 Å². The normalized spacial score (nSPS) is 10.7. The Morgan fingerprint density at radius 3 is 2.42 bits per heavy atom. The summed E-state index contributed by atoms with van der Waals surface area (Å²) in [5.41, 5.74) is 3.30. The van der Waals surface area contributed by atoms with E-state index in [0.717, 1.165) is 28.2 Å². The highest BCUT2D eigenvalue weighted by atomic mass is 16.5. The summed E-state index contributed by atoms with van der Waals surface area (Å²) in [6, 6.07) is 26.2. The summed E-state index contributed by atoms with van der Waals surface area (Å²) in [6.07, 6.45) is 4.13. The van der Waals surface area contributed by atoms with E-state index in [1.54, 1.807) is 7.11 Å². The van der Waals surface area contributed by atoms with E-state index < -0.39 is 0 Å². The van der Waals surface area contributed by atoms with Crippen molar-refractivity contribution < 1.29 is 9.47 Å². The minimum absolute atomic E-state index is 0.560. The second-order valence-corrected chi connectivity index (χ2v) is 5.42. The van der Waals surface area contributed by atoms with Gasteiger partial charge < -0.3 is 9.47 Å².